The lowest BCUT2D eigenvalue weighted by Gasteiger charge is -2.07. The van der Waals surface area contributed by atoms with Crippen molar-refractivity contribution in [2.75, 3.05) is 0 Å². The van der Waals surface area contributed by atoms with E-state index in [9.17, 15) is 0 Å². The molecule has 4 heteroatoms. The van der Waals surface area contributed by atoms with Crippen LogP contribution in [0.25, 0.3) is 0 Å². The van der Waals surface area contributed by atoms with Gasteiger partial charge in [-0.15, -0.1) is 23.5 Å². The van der Waals surface area contributed by atoms with Crippen molar-refractivity contribution < 1.29 is 0 Å². The Balaban J connectivity index is 2.06. The molecule has 0 amide bonds. The van der Waals surface area contributed by atoms with Crippen LogP contribution in [-0.4, -0.2) is 0 Å². The van der Waals surface area contributed by atoms with Gasteiger partial charge in [0, 0.05) is 11.5 Å². The predicted octanol–water partition coefficient (Wildman–Crippen LogP) is 5.11. The topological polar surface area (TPSA) is 47.6 Å². The normalized spacial score (nSPS) is 9.55. The Labute approximate surface area is 139 Å². The molecule has 0 atom stereocenters. The predicted molar refractivity (Wildman–Crippen MR) is 93.7 cm³/mol. The molecule has 0 heterocycles. The number of hydrogen-bond donors (Lipinski definition) is 0. The van der Waals surface area contributed by atoms with E-state index in [4.69, 9.17) is 10.5 Å². The van der Waals surface area contributed by atoms with Crippen LogP contribution in [0.15, 0.2) is 70.5 Å². The smallest absolute Gasteiger partial charge is 0.149 e. The molecule has 0 radical (unpaired) electrons. The molecule has 0 aliphatic heterocycles. The van der Waals surface area contributed by atoms with Gasteiger partial charge in [-0.1, -0.05) is 60.7 Å². The highest BCUT2D eigenvalue weighted by Gasteiger charge is 2.09. The van der Waals surface area contributed by atoms with E-state index in [2.05, 4.69) is 0 Å². The van der Waals surface area contributed by atoms with Crippen LogP contribution in [0.2, 0.25) is 0 Å². The van der Waals surface area contributed by atoms with Crippen molar-refractivity contribution in [1.82, 2.24) is 0 Å². The molecule has 0 fully saturated rings. The first-order valence-corrected chi connectivity index (χ1v) is 8.68. The number of allylic oxidation sites excluding steroid dienone is 1. The third-order valence-electron chi connectivity index (χ3n) is 2.85. The first-order valence-electron chi connectivity index (χ1n) is 6.71. The van der Waals surface area contributed by atoms with Gasteiger partial charge in [0.15, 0.2) is 0 Å². The van der Waals surface area contributed by atoms with Gasteiger partial charge >= 0.3 is 0 Å². The SMILES string of the molecule is N#CC(C#N)=C(SCc1ccccc1)SCc1ccccc1. The summed E-state index contributed by atoms with van der Waals surface area (Å²) in [5.74, 6) is 1.51. The summed E-state index contributed by atoms with van der Waals surface area (Å²) in [5.41, 5.74) is 2.56. The van der Waals surface area contributed by atoms with Crippen LogP contribution in [0.1, 0.15) is 11.1 Å². The van der Waals surface area contributed by atoms with E-state index < -0.39 is 0 Å². The molecule has 2 nitrogen and oxygen atoms in total. The first-order chi connectivity index (χ1) is 10.8. The van der Waals surface area contributed by atoms with Gasteiger partial charge in [0.2, 0.25) is 0 Å². The maximum absolute atomic E-state index is 9.13. The lowest BCUT2D eigenvalue weighted by molar-refractivity contribution is 1.41. The zero-order chi connectivity index (χ0) is 15.6. The van der Waals surface area contributed by atoms with Crippen molar-refractivity contribution >= 4 is 23.5 Å². The van der Waals surface area contributed by atoms with E-state index in [1.807, 2.05) is 72.8 Å². The molecule has 2 aromatic carbocycles. The molecule has 0 spiro atoms. The minimum atomic E-state index is 0.196. The highest BCUT2D eigenvalue weighted by molar-refractivity contribution is 8.21. The highest BCUT2D eigenvalue weighted by Crippen LogP contribution is 2.35. The summed E-state index contributed by atoms with van der Waals surface area (Å²) in [6.07, 6.45) is 0. The largest absolute Gasteiger partial charge is 0.192 e. The van der Waals surface area contributed by atoms with Crippen molar-refractivity contribution in [1.29, 1.82) is 10.5 Å². The van der Waals surface area contributed by atoms with E-state index >= 15 is 0 Å². The lowest BCUT2D eigenvalue weighted by atomic mass is 10.2. The van der Waals surface area contributed by atoms with Crippen molar-refractivity contribution in [2.24, 2.45) is 0 Å². The Morgan fingerprint density at radius 2 is 1.14 bits per heavy atom. The van der Waals surface area contributed by atoms with Gasteiger partial charge in [-0.25, -0.2) is 0 Å². The number of rotatable bonds is 6. The van der Waals surface area contributed by atoms with Crippen LogP contribution in [0.5, 0.6) is 0 Å². The lowest BCUT2D eigenvalue weighted by Crippen LogP contribution is -1.86. The number of thioether (sulfide) groups is 2. The van der Waals surface area contributed by atoms with Gasteiger partial charge in [-0.05, 0) is 11.1 Å². The van der Waals surface area contributed by atoms with E-state index in [0.29, 0.717) is 0 Å². The van der Waals surface area contributed by atoms with E-state index in [1.54, 1.807) is 23.5 Å². The van der Waals surface area contributed by atoms with Crippen molar-refractivity contribution in [3.63, 3.8) is 0 Å². The van der Waals surface area contributed by atoms with Crippen LogP contribution < -0.4 is 0 Å². The molecular weight excluding hydrogens is 308 g/mol. The van der Waals surface area contributed by atoms with Gasteiger partial charge in [-0.3, -0.25) is 0 Å². The molecule has 0 bridgehead atoms. The Morgan fingerprint density at radius 3 is 1.50 bits per heavy atom. The molecule has 0 aromatic heterocycles. The summed E-state index contributed by atoms with van der Waals surface area (Å²) < 4.78 is 0.790. The van der Waals surface area contributed by atoms with Gasteiger partial charge in [0.1, 0.15) is 17.7 Å². The molecule has 22 heavy (non-hydrogen) atoms. The monoisotopic (exact) mass is 322 g/mol. The average molecular weight is 322 g/mol. The summed E-state index contributed by atoms with van der Waals surface area (Å²) in [7, 11) is 0. The minimum absolute atomic E-state index is 0.196. The van der Waals surface area contributed by atoms with Crippen LogP contribution in [0.4, 0.5) is 0 Å². The second-order valence-corrected chi connectivity index (χ2v) is 6.66. The fourth-order valence-electron chi connectivity index (χ4n) is 1.75. The van der Waals surface area contributed by atoms with Crippen LogP contribution in [0.3, 0.4) is 0 Å². The molecule has 0 aliphatic rings. The van der Waals surface area contributed by atoms with Crippen LogP contribution >= 0.6 is 23.5 Å². The fraction of sp³-hybridized carbons (Fsp3) is 0.111. The standard InChI is InChI=1S/C18H14N2S2/c19-11-17(12-20)18(21-13-15-7-3-1-4-8-15)22-14-16-9-5-2-6-10-16/h1-10H,13-14H2. The summed E-state index contributed by atoms with van der Waals surface area (Å²) >= 11 is 3.10. The van der Waals surface area contributed by atoms with Gasteiger partial charge in [-0.2, -0.15) is 10.5 Å². The number of nitriles is 2. The van der Waals surface area contributed by atoms with Crippen LogP contribution in [0, 0.1) is 22.7 Å². The summed E-state index contributed by atoms with van der Waals surface area (Å²) in [5, 5.41) is 18.3. The Morgan fingerprint density at radius 1 is 0.727 bits per heavy atom. The molecule has 108 valence electrons. The molecule has 0 N–H and O–H groups in total. The van der Waals surface area contributed by atoms with Crippen molar-refractivity contribution in [3.05, 3.63) is 81.6 Å². The van der Waals surface area contributed by atoms with Crippen LogP contribution in [-0.2, 0) is 11.5 Å². The number of benzene rings is 2. The summed E-state index contributed by atoms with van der Waals surface area (Å²) in [4.78, 5) is 0. The summed E-state index contributed by atoms with van der Waals surface area (Å²) in [6, 6.07) is 24.1. The van der Waals surface area contributed by atoms with Gasteiger partial charge < -0.3 is 0 Å². The summed E-state index contributed by atoms with van der Waals surface area (Å²) in [6.45, 7) is 0. The number of nitrogens with zero attached hydrogens (tertiary/aromatic N) is 2. The van der Waals surface area contributed by atoms with E-state index in [1.165, 1.54) is 11.1 Å². The van der Waals surface area contributed by atoms with Gasteiger partial charge in [0.05, 0.1) is 4.24 Å². The molecule has 0 saturated heterocycles. The quantitative estimate of drug-likeness (QED) is 0.693. The maximum atomic E-state index is 9.13. The zero-order valence-corrected chi connectivity index (χ0v) is 13.5. The zero-order valence-electron chi connectivity index (χ0n) is 11.9. The van der Waals surface area contributed by atoms with E-state index in [0.717, 1.165) is 15.7 Å². The molecule has 0 unspecified atom stereocenters. The van der Waals surface area contributed by atoms with Crippen molar-refractivity contribution in [3.8, 4) is 12.1 Å². The third-order valence-corrected chi connectivity index (χ3v) is 5.45. The first kappa shape index (κ1) is 16.2. The second kappa shape index (κ2) is 9.00. The minimum Gasteiger partial charge on any atom is -0.192 e. The highest BCUT2D eigenvalue weighted by atomic mass is 32.2. The Hall–Kier alpha value is -2.14. The average Bonchev–Trinajstić information content (AvgIpc) is 2.59. The second-order valence-electron chi connectivity index (χ2n) is 4.43. The molecule has 2 rings (SSSR count). The molecule has 0 aliphatic carbocycles. The Bertz CT molecular complexity index is 649. The number of hydrogen-bond acceptors (Lipinski definition) is 4. The third kappa shape index (κ3) is 5.00. The van der Waals surface area contributed by atoms with Crippen molar-refractivity contribution in [2.45, 2.75) is 11.5 Å². The molecule has 2 aromatic rings. The fourth-order valence-corrected chi connectivity index (χ4v) is 3.89. The van der Waals surface area contributed by atoms with E-state index in [-0.39, 0.29) is 5.57 Å². The molecule has 0 saturated carbocycles. The molecular formula is C18H14N2S2. The Kier molecular flexibility index (Phi) is 6.64. The van der Waals surface area contributed by atoms with Gasteiger partial charge in [0.25, 0.3) is 0 Å². The maximum Gasteiger partial charge on any atom is 0.149 e.